The molecule has 0 aliphatic carbocycles. The zero-order valence-corrected chi connectivity index (χ0v) is 11.8. The normalized spacial score (nSPS) is 19.1. The highest BCUT2D eigenvalue weighted by Crippen LogP contribution is 2.15. The largest absolute Gasteiger partial charge is 0.344 e. The Labute approximate surface area is 117 Å². The van der Waals surface area contributed by atoms with Gasteiger partial charge in [-0.25, -0.2) is 0 Å². The molecule has 1 aliphatic rings. The van der Waals surface area contributed by atoms with Gasteiger partial charge in [0.1, 0.15) is 18.3 Å². The monoisotopic (exact) mass is 277 g/mol. The molecule has 0 spiro atoms. The van der Waals surface area contributed by atoms with Gasteiger partial charge >= 0.3 is 0 Å². The summed E-state index contributed by atoms with van der Waals surface area (Å²) in [4.78, 5) is 37.2. The number of carbonyl (C=O) groups is 3. The van der Waals surface area contributed by atoms with E-state index in [4.69, 9.17) is 0 Å². The number of hydrogen-bond donors (Lipinski definition) is 1. The summed E-state index contributed by atoms with van der Waals surface area (Å²) in [7, 11) is 0. The third kappa shape index (κ3) is 2.59. The zero-order valence-electron chi connectivity index (χ0n) is 11.8. The molecule has 1 atom stereocenters. The number of aromatic nitrogens is 1. The molecule has 1 unspecified atom stereocenters. The number of amides is 3. The fourth-order valence-electron chi connectivity index (χ4n) is 2.48. The first-order valence-electron chi connectivity index (χ1n) is 6.88. The van der Waals surface area contributed by atoms with E-state index in [1.807, 2.05) is 24.6 Å². The van der Waals surface area contributed by atoms with Crippen molar-refractivity contribution in [2.45, 2.75) is 39.3 Å². The Morgan fingerprint density at radius 1 is 1.40 bits per heavy atom. The quantitative estimate of drug-likeness (QED) is 0.827. The van der Waals surface area contributed by atoms with Crippen molar-refractivity contribution in [3.8, 4) is 0 Å². The molecule has 0 saturated carbocycles. The van der Waals surface area contributed by atoms with Crippen LogP contribution in [0, 0.1) is 0 Å². The minimum Gasteiger partial charge on any atom is -0.344 e. The summed E-state index contributed by atoms with van der Waals surface area (Å²) < 4.78 is 1.85. The van der Waals surface area contributed by atoms with E-state index in [1.54, 1.807) is 12.1 Å². The van der Waals surface area contributed by atoms with Gasteiger partial charge in [-0.1, -0.05) is 13.8 Å². The molecule has 6 heteroatoms. The number of nitrogens with zero attached hydrogens (tertiary/aromatic N) is 2. The van der Waals surface area contributed by atoms with Crippen LogP contribution in [0.3, 0.4) is 0 Å². The topological polar surface area (TPSA) is 71.4 Å². The molecule has 0 radical (unpaired) electrons. The van der Waals surface area contributed by atoms with Crippen molar-refractivity contribution in [3.05, 3.63) is 24.0 Å². The molecule has 20 heavy (non-hydrogen) atoms. The number of hydrogen-bond acceptors (Lipinski definition) is 3. The van der Waals surface area contributed by atoms with Crippen molar-refractivity contribution in [2.24, 2.45) is 0 Å². The number of piperazine rings is 1. The van der Waals surface area contributed by atoms with Gasteiger partial charge in [-0.3, -0.25) is 19.7 Å². The van der Waals surface area contributed by atoms with Crippen LogP contribution in [0.5, 0.6) is 0 Å². The van der Waals surface area contributed by atoms with E-state index in [0.717, 1.165) is 13.0 Å². The van der Waals surface area contributed by atoms with Crippen LogP contribution in [-0.2, 0) is 16.1 Å². The molecule has 1 aliphatic heterocycles. The second kappa shape index (κ2) is 5.90. The zero-order chi connectivity index (χ0) is 14.7. The predicted molar refractivity (Wildman–Crippen MR) is 73.0 cm³/mol. The molecule has 108 valence electrons. The Morgan fingerprint density at radius 2 is 2.15 bits per heavy atom. The van der Waals surface area contributed by atoms with Crippen molar-refractivity contribution in [2.75, 3.05) is 6.54 Å². The van der Waals surface area contributed by atoms with Gasteiger partial charge in [-0.2, -0.15) is 0 Å². The van der Waals surface area contributed by atoms with Crippen molar-refractivity contribution in [3.63, 3.8) is 0 Å². The molecule has 0 bridgehead atoms. The van der Waals surface area contributed by atoms with Crippen LogP contribution < -0.4 is 5.32 Å². The van der Waals surface area contributed by atoms with E-state index in [9.17, 15) is 14.4 Å². The summed E-state index contributed by atoms with van der Waals surface area (Å²) in [5.41, 5.74) is 0.521. The second-order valence-corrected chi connectivity index (χ2v) is 4.86. The third-order valence-corrected chi connectivity index (χ3v) is 3.42. The van der Waals surface area contributed by atoms with Crippen LogP contribution in [0.25, 0.3) is 0 Å². The standard InChI is InChI=1S/C14H19N3O3/c1-3-7-16-8-5-6-11(16)14(20)17-9-12(18)15-13(19)10(17)4-2/h5-6,8,10H,3-4,7,9H2,1-2H3,(H,15,18,19). The summed E-state index contributed by atoms with van der Waals surface area (Å²) in [6, 6.07) is 2.95. The highest BCUT2D eigenvalue weighted by atomic mass is 16.2. The first-order chi connectivity index (χ1) is 9.58. The molecule has 2 heterocycles. The van der Waals surface area contributed by atoms with E-state index in [-0.39, 0.29) is 12.5 Å². The Hall–Kier alpha value is -2.11. The van der Waals surface area contributed by atoms with E-state index >= 15 is 0 Å². The van der Waals surface area contributed by atoms with Crippen LogP contribution in [0.4, 0.5) is 0 Å². The van der Waals surface area contributed by atoms with Gasteiger partial charge in [0.2, 0.25) is 11.8 Å². The van der Waals surface area contributed by atoms with Gasteiger partial charge in [0.05, 0.1) is 0 Å². The molecule has 2 rings (SSSR count). The number of aryl methyl sites for hydroxylation is 1. The minimum atomic E-state index is -0.579. The average molecular weight is 277 g/mol. The van der Waals surface area contributed by atoms with E-state index < -0.39 is 17.9 Å². The van der Waals surface area contributed by atoms with E-state index in [2.05, 4.69) is 5.32 Å². The molecule has 1 aromatic rings. The number of nitrogens with one attached hydrogen (secondary N) is 1. The van der Waals surface area contributed by atoms with Gasteiger partial charge in [0.15, 0.2) is 0 Å². The van der Waals surface area contributed by atoms with Crippen LogP contribution in [0.2, 0.25) is 0 Å². The number of carbonyl (C=O) groups excluding carboxylic acids is 3. The molecule has 0 aromatic carbocycles. The Balaban J connectivity index is 2.27. The van der Waals surface area contributed by atoms with E-state index in [0.29, 0.717) is 12.1 Å². The highest BCUT2D eigenvalue weighted by Gasteiger charge is 2.36. The highest BCUT2D eigenvalue weighted by molar-refractivity contribution is 6.06. The Bertz CT molecular complexity index is 536. The summed E-state index contributed by atoms with van der Waals surface area (Å²) >= 11 is 0. The van der Waals surface area contributed by atoms with Crippen LogP contribution in [0.1, 0.15) is 37.2 Å². The molecule has 1 saturated heterocycles. The van der Waals surface area contributed by atoms with Crippen molar-refractivity contribution in [1.82, 2.24) is 14.8 Å². The molecule has 6 nitrogen and oxygen atoms in total. The predicted octanol–water partition coefficient (Wildman–Crippen LogP) is 0.775. The van der Waals surface area contributed by atoms with Crippen molar-refractivity contribution >= 4 is 17.7 Å². The summed E-state index contributed by atoms with van der Waals surface area (Å²) in [5, 5.41) is 2.27. The summed E-state index contributed by atoms with van der Waals surface area (Å²) in [6.07, 6.45) is 3.23. The Morgan fingerprint density at radius 3 is 2.80 bits per heavy atom. The average Bonchev–Trinajstić information content (AvgIpc) is 2.86. The molecule has 1 N–H and O–H groups in total. The maximum absolute atomic E-state index is 12.6. The van der Waals surface area contributed by atoms with Gasteiger partial charge in [0, 0.05) is 12.7 Å². The number of rotatable bonds is 4. The maximum atomic E-state index is 12.6. The van der Waals surface area contributed by atoms with E-state index in [1.165, 1.54) is 4.90 Å². The number of imide groups is 1. The Kier molecular flexibility index (Phi) is 4.22. The molecule has 3 amide bonds. The smallest absolute Gasteiger partial charge is 0.271 e. The molecule has 1 aromatic heterocycles. The van der Waals surface area contributed by atoms with Crippen LogP contribution >= 0.6 is 0 Å². The van der Waals surface area contributed by atoms with Gasteiger partial charge in [-0.15, -0.1) is 0 Å². The lowest BCUT2D eigenvalue weighted by molar-refractivity contribution is -0.138. The van der Waals surface area contributed by atoms with Gasteiger partial charge < -0.3 is 9.47 Å². The maximum Gasteiger partial charge on any atom is 0.271 e. The van der Waals surface area contributed by atoms with Crippen LogP contribution in [0.15, 0.2) is 18.3 Å². The van der Waals surface area contributed by atoms with Gasteiger partial charge in [-0.05, 0) is 25.0 Å². The first-order valence-corrected chi connectivity index (χ1v) is 6.88. The summed E-state index contributed by atoms with van der Waals surface area (Å²) in [6.45, 7) is 4.52. The molecular formula is C14H19N3O3. The fraction of sp³-hybridized carbons (Fsp3) is 0.500. The first kappa shape index (κ1) is 14.3. The lowest BCUT2D eigenvalue weighted by Gasteiger charge is -2.33. The minimum absolute atomic E-state index is 0.0691. The summed E-state index contributed by atoms with van der Waals surface area (Å²) in [5.74, 6) is -1.09. The fourth-order valence-corrected chi connectivity index (χ4v) is 2.48. The SMILES string of the molecule is CCCn1cccc1C(=O)N1CC(=O)NC(=O)C1CC. The molecule has 1 fully saturated rings. The van der Waals surface area contributed by atoms with Crippen molar-refractivity contribution < 1.29 is 14.4 Å². The van der Waals surface area contributed by atoms with Gasteiger partial charge in [0.25, 0.3) is 5.91 Å². The van der Waals surface area contributed by atoms with Crippen LogP contribution in [-0.4, -0.2) is 39.8 Å². The third-order valence-electron chi connectivity index (χ3n) is 3.42. The second-order valence-electron chi connectivity index (χ2n) is 4.86. The lowest BCUT2D eigenvalue weighted by atomic mass is 10.1. The lowest BCUT2D eigenvalue weighted by Crippen LogP contribution is -2.59. The van der Waals surface area contributed by atoms with Crippen molar-refractivity contribution in [1.29, 1.82) is 0 Å². The molecular weight excluding hydrogens is 258 g/mol.